The minimum absolute atomic E-state index is 0.141. The number of benzene rings is 1. The molecule has 2 heterocycles. The summed E-state index contributed by atoms with van der Waals surface area (Å²) in [4.78, 5) is 24.9. The number of carbonyl (C=O) groups excluding carboxylic acids is 1. The van der Waals surface area contributed by atoms with Crippen molar-refractivity contribution in [3.8, 4) is 0 Å². The lowest BCUT2D eigenvalue weighted by Gasteiger charge is -2.21. The summed E-state index contributed by atoms with van der Waals surface area (Å²) >= 11 is 0. The normalized spacial score (nSPS) is 13.6. The Hall–Kier alpha value is -2.97. The van der Waals surface area contributed by atoms with E-state index in [0.717, 1.165) is 38.1 Å². The van der Waals surface area contributed by atoms with Gasteiger partial charge in [-0.2, -0.15) is 4.98 Å². The van der Waals surface area contributed by atoms with E-state index in [2.05, 4.69) is 25.5 Å². The number of anilines is 4. The Morgan fingerprint density at radius 1 is 1.15 bits per heavy atom. The van der Waals surface area contributed by atoms with Gasteiger partial charge in [-0.3, -0.25) is 0 Å². The summed E-state index contributed by atoms with van der Waals surface area (Å²) in [6, 6.07) is 2.54. The van der Waals surface area contributed by atoms with Crippen LogP contribution in [0.4, 0.5) is 36.7 Å². The Morgan fingerprint density at radius 2 is 1.88 bits per heavy atom. The molecule has 2 N–H and O–H groups in total. The second kappa shape index (κ2) is 7.51. The molecule has 2 amide bonds. The van der Waals surface area contributed by atoms with Gasteiger partial charge in [0.05, 0.1) is 6.20 Å². The number of nitrogens with one attached hydrogen (secondary N) is 2. The quantitative estimate of drug-likeness (QED) is 0.875. The van der Waals surface area contributed by atoms with Gasteiger partial charge in [-0.15, -0.1) is 0 Å². The van der Waals surface area contributed by atoms with Crippen LogP contribution in [0.1, 0.15) is 12.8 Å². The molecule has 26 heavy (non-hydrogen) atoms. The van der Waals surface area contributed by atoms with E-state index < -0.39 is 17.7 Å². The molecule has 9 heteroatoms. The molecular weight excluding hydrogens is 342 g/mol. The van der Waals surface area contributed by atoms with E-state index in [-0.39, 0.29) is 5.69 Å². The van der Waals surface area contributed by atoms with Crippen LogP contribution in [0, 0.1) is 11.6 Å². The van der Waals surface area contributed by atoms with E-state index in [0.29, 0.717) is 17.5 Å². The fraction of sp³-hybridized carbons (Fsp3) is 0.353. The van der Waals surface area contributed by atoms with Crippen molar-refractivity contribution in [1.82, 2.24) is 9.97 Å². The third kappa shape index (κ3) is 3.98. The highest BCUT2D eigenvalue weighted by Gasteiger charge is 2.18. The molecule has 3 rings (SSSR count). The van der Waals surface area contributed by atoms with Crippen molar-refractivity contribution in [2.75, 3.05) is 47.6 Å². The molecule has 0 atom stereocenters. The lowest BCUT2D eigenvalue weighted by atomic mass is 10.3. The maximum atomic E-state index is 13.2. The first-order valence-electron chi connectivity index (χ1n) is 8.26. The highest BCUT2D eigenvalue weighted by Crippen LogP contribution is 2.25. The Morgan fingerprint density at radius 3 is 2.54 bits per heavy atom. The second-order valence-electron chi connectivity index (χ2n) is 6.20. The second-order valence-corrected chi connectivity index (χ2v) is 6.20. The van der Waals surface area contributed by atoms with Crippen LogP contribution >= 0.6 is 0 Å². The molecule has 0 saturated carbocycles. The fourth-order valence-corrected chi connectivity index (χ4v) is 2.72. The molecule has 1 saturated heterocycles. The van der Waals surface area contributed by atoms with E-state index in [1.165, 1.54) is 6.07 Å². The number of halogens is 2. The number of rotatable bonds is 4. The summed E-state index contributed by atoms with van der Waals surface area (Å²) in [7, 11) is 3.63. The summed E-state index contributed by atoms with van der Waals surface area (Å²) in [5.41, 5.74) is 0.556. The first-order valence-corrected chi connectivity index (χ1v) is 8.26. The van der Waals surface area contributed by atoms with Gasteiger partial charge in [-0.1, -0.05) is 0 Å². The van der Waals surface area contributed by atoms with Crippen molar-refractivity contribution in [2.24, 2.45) is 0 Å². The fourth-order valence-electron chi connectivity index (χ4n) is 2.72. The molecule has 1 aromatic heterocycles. The minimum atomic E-state index is -1.03. The largest absolute Gasteiger partial charge is 0.361 e. The van der Waals surface area contributed by atoms with E-state index in [1.807, 2.05) is 14.1 Å². The van der Waals surface area contributed by atoms with Crippen LogP contribution in [0.25, 0.3) is 0 Å². The molecule has 0 unspecified atom stereocenters. The average molecular weight is 362 g/mol. The highest BCUT2D eigenvalue weighted by molar-refractivity contribution is 6.01. The number of hydrogen-bond acceptors (Lipinski definition) is 5. The summed E-state index contributed by atoms with van der Waals surface area (Å²) < 4.78 is 26.2. The molecule has 0 radical (unpaired) electrons. The van der Waals surface area contributed by atoms with Crippen LogP contribution in [-0.2, 0) is 0 Å². The third-order valence-corrected chi connectivity index (χ3v) is 3.99. The molecule has 1 fully saturated rings. The maximum Gasteiger partial charge on any atom is 0.323 e. The van der Waals surface area contributed by atoms with Gasteiger partial charge in [0.15, 0.2) is 17.5 Å². The van der Waals surface area contributed by atoms with Gasteiger partial charge in [0, 0.05) is 38.9 Å². The average Bonchev–Trinajstić information content (AvgIpc) is 3.13. The monoisotopic (exact) mass is 362 g/mol. The van der Waals surface area contributed by atoms with Gasteiger partial charge in [0.2, 0.25) is 5.95 Å². The van der Waals surface area contributed by atoms with Crippen LogP contribution < -0.4 is 20.4 Å². The number of aromatic nitrogens is 2. The van der Waals surface area contributed by atoms with Gasteiger partial charge in [0.25, 0.3) is 0 Å². The molecule has 0 aliphatic carbocycles. The predicted molar refractivity (Wildman–Crippen MR) is 96.8 cm³/mol. The van der Waals surface area contributed by atoms with Gasteiger partial charge in [-0.05, 0) is 25.0 Å². The van der Waals surface area contributed by atoms with E-state index in [1.54, 1.807) is 11.1 Å². The zero-order chi connectivity index (χ0) is 18.7. The van der Waals surface area contributed by atoms with Crippen LogP contribution in [0.5, 0.6) is 0 Å². The van der Waals surface area contributed by atoms with Crippen molar-refractivity contribution in [3.63, 3.8) is 0 Å². The number of urea groups is 1. The zero-order valence-corrected chi connectivity index (χ0v) is 14.6. The van der Waals surface area contributed by atoms with Crippen LogP contribution in [0.15, 0.2) is 24.4 Å². The molecule has 0 bridgehead atoms. The van der Waals surface area contributed by atoms with E-state index in [9.17, 15) is 13.6 Å². The zero-order valence-electron chi connectivity index (χ0n) is 14.6. The molecule has 2 aromatic rings. The SMILES string of the molecule is CN(C)c1nc(N2CCCC2)ncc1NC(=O)Nc1ccc(F)c(F)c1. The Balaban J connectivity index is 1.75. The molecule has 1 aliphatic heterocycles. The van der Waals surface area contributed by atoms with Gasteiger partial charge < -0.3 is 20.4 Å². The summed E-state index contributed by atoms with van der Waals surface area (Å²) in [6.07, 6.45) is 3.76. The first kappa shape index (κ1) is 17.8. The Kier molecular flexibility index (Phi) is 5.15. The van der Waals surface area contributed by atoms with Crippen molar-refractivity contribution in [3.05, 3.63) is 36.0 Å². The van der Waals surface area contributed by atoms with Crippen LogP contribution in [0.2, 0.25) is 0 Å². The molecular formula is C17H20F2N6O. The molecule has 138 valence electrons. The maximum absolute atomic E-state index is 13.2. The van der Waals surface area contributed by atoms with E-state index >= 15 is 0 Å². The lowest BCUT2D eigenvalue weighted by molar-refractivity contribution is 0.262. The van der Waals surface area contributed by atoms with Crippen LogP contribution in [-0.4, -0.2) is 43.2 Å². The molecule has 1 aromatic carbocycles. The van der Waals surface area contributed by atoms with Crippen molar-refractivity contribution in [1.29, 1.82) is 0 Å². The standard InChI is InChI=1S/C17H20F2N6O/c1-24(2)15-14(10-20-16(23-15)25-7-3-4-8-25)22-17(26)21-11-5-6-12(18)13(19)9-11/h5-6,9-10H,3-4,7-8H2,1-2H3,(H2,21,22,26). The predicted octanol–water partition coefficient (Wildman–Crippen LogP) is 3.07. The number of hydrogen-bond donors (Lipinski definition) is 2. The Labute approximate surface area is 150 Å². The molecule has 1 aliphatic rings. The number of amides is 2. The first-order chi connectivity index (χ1) is 12.4. The van der Waals surface area contributed by atoms with Crippen molar-refractivity contribution >= 4 is 29.2 Å². The van der Waals surface area contributed by atoms with Crippen molar-refractivity contribution < 1.29 is 13.6 Å². The number of carbonyl (C=O) groups is 1. The lowest BCUT2D eigenvalue weighted by Crippen LogP contribution is -2.25. The number of nitrogens with zero attached hydrogens (tertiary/aromatic N) is 4. The minimum Gasteiger partial charge on any atom is -0.361 e. The molecule has 0 spiro atoms. The third-order valence-electron chi connectivity index (χ3n) is 3.99. The molecule has 7 nitrogen and oxygen atoms in total. The highest BCUT2D eigenvalue weighted by atomic mass is 19.2. The summed E-state index contributed by atoms with van der Waals surface area (Å²) in [5, 5.41) is 5.09. The Bertz CT molecular complexity index is 808. The topological polar surface area (TPSA) is 73.4 Å². The van der Waals surface area contributed by atoms with Crippen LogP contribution in [0.3, 0.4) is 0 Å². The van der Waals surface area contributed by atoms with E-state index in [4.69, 9.17) is 0 Å². The van der Waals surface area contributed by atoms with Crippen molar-refractivity contribution in [2.45, 2.75) is 12.8 Å². The smallest absolute Gasteiger partial charge is 0.323 e. The van der Waals surface area contributed by atoms with Gasteiger partial charge >= 0.3 is 6.03 Å². The summed E-state index contributed by atoms with van der Waals surface area (Å²) in [5.74, 6) is -0.827. The van der Waals surface area contributed by atoms with Gasteiger partial charge in [-0.25, -0.2) is 18.6 Å². The summed E-state index contributed by atoms with van der Waals surface area (Å²) in [6.45, 7) is 1.83. The van der Waals surface area contributed by atoms with Gasteiger partial charge in [0.1, 0.15) is 5.69 Å².